The molecular formula is C14H29ClN2OS. The van der Waals surface area contributed by atoms with E-state index in [9.17, 15) is 4.79 Å². The van der Waals surface area contributed by atoms with Crippen molar-refractivity contribution in [2.75, 3.05) is 32.4 Å². The third-order valence-corrected chi connectivity index (χ3v) is 4.66. The van der Waals surface area contributed by atoms with Gasteiger partial charge in [-0.1, -0.05) is 20.8 Å². The molecule has 0 saturated carbocycles. The van der Waals surface area contributed by atoms with Crippen LogP contribution in [-0.2, 0) is 4.79 Å². The summed E-state index contributed by atoms with van der Waals surface area (Å²) >= 11 is 1.75. The number of nitrogens with zero attached hydrogens (tertiary/aromatic N) is 1. The summed E-state index contributed by atoms with van der Waals surface area (Å²) in [5.41, 5.74) is 0. The molecule has 5 heteroatoms. The second kappa shape index (κ2) is 9.09. The Hall–Kier alpha value is 0.0700. The van der Waals surface area contributed by atoms with Crippen LogP contribution in [0.25, 0.3) is 0 Å². The Labute approximate surface area is 128 Å². The molecular weight excluding hydrogens is 280 g/mol. The topological polar surface area (TPSA) is 32.3 Å². The summed E-state index contributed by atoms with van der Waals surface area (Å²) in [5, 5.41) is 3.20. The molecule has 0 aromatic heterocycles. The monoisotopic (exact) mass is 308 g/mol. The summed E-state index contributed by atoms with van der Waals surface area (Å²) in [6, 6.07) is 0. The van der Waals surface area contributed by atoms with Crippen LogP contribution in [0, 0.1) is 5.92 Å². The summed E-state index contributed by atoms with van der Waals surface area (Å²) in [6.45, 7) is 9.49. The molecule has 0 aromatic rings. The first-order valence-corrected chi connectivity index (χ1v) is 7.97. The van der Waals surface area contributed by atoms with Crippen molar-refractivity contribution in [3.05, 3.63) is 0 Å². The normalized spacial score (nSPS) is 17.2. The lowest BCUT2D eigenvalue weighted by Gasteiger charge is -2.32. The number of amides is 1. The predicted molar refractivity (Wildman–Crippen MR) is 87.3 cm³/mol. The van der Waals surface area contributed by atoms with Gasteiger partial charge in [-0.05, 0) is 38.8 Å². The number of nitrogens with one attached hydrogen (secondary N) is 1. The number of thioether (sulfide) groups is 1. The van der Waals surface area contributed by atoms with Crippen molar-refractivity contribution >= 4 is 30.1 Å². The van der Waals surface area contributed by atoms with Gasteiger partial charge < -0.3 is 10.2 Å². The van der Waals surface area contributed by atoms with Crippen molar-refractivity contribution in [2.45, 2.75) is 44.8 Å². The molecule has 1 saturated heterocycles. The van der Waals surface area contributed by atoms with E-state index in [0.717, 1.165) is 25.6 Å². The van der Waals surface area contributed by atoms with Crippen molar-refractivity contribution in [2.24, 2.45) is 5.92 Å². The lowest BCUT2D eigenvalue weighted by molar-refractivity contribution is -0.129. The van der Waals surface area contributed by atoms with E-state index in [1.165, 1.54) is 19.3 Å². The smallest absolute Gasteiger partial charge is 0.232 e. The molecule has 0 aliphatic carbocycles. The van der Waals surface area contributed by atoms with Crippen LogP contribution in [0.3, 0.4) is 0 Å². The average Bonchev–Trinajstić information content (AvgIpc) is 2.33. The summed E-state index contributed by atoms with van der Waals surface area (Å²) in [4.78, 5) is 14.1. The Morgan fingerprint density at radius 1 is 1.32 bits per heavy atom. The van der Waals surface area contributed by atoms with Crippen LogP contribution in [0.2, 0.25) is 0 Å². The molecule has 1 N–H and O–H groups in total. The van der Waals surface area contributed by atoms with Gasteiger partial charge in [-0.15, -0.1) is 24.2 Å². The number of hydrogen-bond acceptors (Lipinski definition) is 3. The zero-order valence-electron chi connectivity index (χ0n) is 12.7. The highest BCUT2D eigenvalue weighted by Crippen LogP contribution is 2.25. The van der Waals surface area contributed by atoms with Crippen molar-refractivity contribution < 1.29 is 4.79 Å². The van der Waals surface area contributed by atoms with Gasteiger partial charge >= 0.3 is 0 Å². The van der Waals surface area contributed by atoms with Crippen LogP contribution in [0.1, 0.15) is 40.0 Å². The van der Waals surface area contributed by atoms with Crippen LogP contribution in [0.15, 0.2) is 0 Å². The van der Waals surface area contributed by atoms with Gasteiger partial charge in [-0.25, -0.2) is 0 Å². The minimum Gasteiger partial charge on any atom is -0.342 e. The van der Waals surface area contributed by atoms with Gasteiger partial charge in [0.25, 0.3) is 0 Å². The van der Waals surface area contributed by atoms with Crippen LogP contribution in [-0.4, -0.2) is 48.0 Å². The van der Waals surface area contributed by atoms with Crippen LogP contribution in [0.5, 0.6) is 0 Å². The van der Waals surface area contributed by atoms with Crippen molar-refractivity contribution in [3.8, 4) is 0 Å². The summed E-state index contributed by atoms with van der Waals surface area (Å²) in [5.74, 6) is 1.75. The zero-order valence-corrected chi connectivity index (χ0v) is 14.3. The second-order valence-corrected chi connectivity index (χ2v) is 7.92. The minimum absolute atomic E-state index is 0. The molecule has 1 aliphatic rings. The van der Waals surface area contributed by atoms with Crippen molar-refractivity contribution in [1.29, 1.82) is 0 Å². The Bertz CT molecular complexity index is 261. The Balaban J connectivity index is 0.00000324. The number of carbonyl (C=O) groups excluding carboxylic acids is 1. The van der Waals surface area contributed by atoms with E-state index in [2.05, 4.69) is 31.0 Å². The third kappa shape index (κ3) is 8.05. The predicted octanol–water partition coefficient (Wildman–Crippen LogP) is 2.79. The van der Waals surface area contributed by atoms with Crippen molar-refractivity contribution in [1.82, 2.24) is 10.2 Å². The molecule has 0 bridgehead atoms. The molecule has 1 fully saturated rings. The molecule has 1 heterocycles. The van der Waals surface area contributed by atoms with Gasteiger partial charge in [0.05, 0.1) is 5.75 Å². The van der Waals surface area contributed by atoms with Crippen LogP contribution in [0.4, 0.5) is 0 Å². The van der Waals surface area contributed by atoms with E-state index in [-0.39, 0.29) is 17.2 Å². The number of carbonyl (C=O) groups is 1. The molecule has 1 amide bonds. The Morgan fingerprint density at radius 2 is 1.89 bits per heavy atom. The molecule has 0 radical (unpaired) electrons. The van der Waals surface area contributed by atoms with Gasteiger partial charge in [0, 0.05) is 17.8 Å². The summed E-state index contributed by atoms with van der Waals surface area (Å²) < 4.78 is 0.181. The van der Waals surface area contributed by atoms with Crippen molar-refractivity contribution in [3.63, 3.8) is 0 Å². The average molecular weight is 309 g/mol. The molecule has 1 rings (SSSR count). The fourth-order valence-electron chi connectivity index (χ4n) is 2.19. The van der Waals surface area contributed by atoms with Gasteiger partial charge in [-0.2, -0.15) is 0 Å². The lowest BCUT2D eigenvalue weighted by Crippen LogP contribution is -2.40. The van der Waals surface area contributed by atoms with Gasteiger partial charge in [-0.3, -0.25) is 4.79 Å². The zero-order chi connectivity index (χ0) is 13.6. The van der Waals surface area contributed by atoms with E-state index in [4.69, 9.17) is 0 Å². The largest absolute Gasteiger partial charge is 0.342 e. The SMILES string of the molecule is CNCCC1CCN(C(=O)CSC(C)(C)C)CC1.Cl. The van der Waals surface area contributed by atoms with E-state index in [0.29, 0.717) is 11.7 Å². The number of likely N-dealkylation sites (tertiary alicyclic amines) is 1. The molecule has 0 spiro atoms. The van der Waals surface area contributed by atoms with Crippen LogP contribution >= 0.6 is 24.2 Å². The lowest BCUT2D eigenvalue weighted by atomic mass is 9.93. The van der Waals surface area contributed by atoms with E-state index >= 15 is 0 Å². The quantitative estimate of drug-likeness (QED) is 0.847. The van der Waals surface area contributed by atoms with E-state index in [1.807, 2.05) is 7.05 Å². The molecule has 0 aromatic carbocycles. The molecule has 3 nitrogen and oxygen atoms in total. The number of piperidine rings is 1. The molecule has 1 aliphatic heterocycles. The third-order valence-electron chi connectivity index (χ3n) is 3.40. The van der Waals surface area contributed by atoms with Crippen LogP contribution < -0.4 is 5.32 Å². The molecule has 19 heavy (non-hydrogen) atoms. The minimum atomic E-state index is 0. The highest BCUT2D eigenvalue weighted by molar-refractivity contribution is 8.01. The van der Waals surface area contributed by atoms with Gasteiger partial charge in [0.1, 0.15) is 0 Å². The fraction of sp³-hybridized carbons (Fsp3) is 0.929. The maximum absolute atomic E-state index is 12.1. The van der Waals surface area contributed by atoms with Gasteiger partial charge in [0.15, 0.2) is 0 Å². The first-order valence-electron chi connectivity index (χ1n) is 6.98. The molecule has 0 atom stereocenters. The van der Waals surface area contributed by atoms with E-state index < -0.39 is 0 Å². The molecule has 114 valence electrons. The number of halogens is 1. The number of hydrogen-bond donors (Lipinski definition) is 1. The maximum atomic E-state index is 12.1. The Morgan fingerprint density at radius 3 is 2.37 bits per heavy atom. The fourth-order valence-corrected chi connectivity index (χ4v) is 2.93. The first-order chi connectivity index (χ1) is 8.42. The molecule has 0 unspecified atom stereocenters. The number of rotatable bonds is 5. The first kappa shape index (κ1) is 19.1. The summed E-state index contributed by atoms with van der Waals surface area (Å²) in [6.07, 6.45) is 3.59. The summed E-state index contributed by atoms with van der Waals surface area (Å²) in [7, 11) is 2.00. The highest BCUT2D eigenvalue weighted by Gasteiger charge is 2.23. The highest BCUT2D eigenvalue weighted by atomic mass is 35.5. The standard InChI is InChI=1S/C14H28N2OS.ClH/c1-14(2,3)18-11-13(17)16-9-6-12(7-10-16)5-8-15-4;/h12,15H,5-11H2,1-4H3;1H. The van der Waals surface area contributed by atoms with Gasteiger partial charge in [0.2, 0.25) is 5.91 Å². The van der Waals surface area contributed by atoms with E-state index in [1.54, 1.807) is 11.8 Å². The second-order valence-electron chi connectivity index (χ2n) is 6.12. The Kier molecular flexibility index (Phi) is 9.12. The maximum Gasteiger partial charge on any atom is 0.232 e.